The zero-order chi connectivity index (χ0) is 19.3. The van der Waals surface area contributed by atoms with E-state index in [2.05, 4.69) is 15.1 Å². The molecule has 2 fully saturated rings. The molecule has 2 aromatic carbocycles. The van der Waals surface area contributed by atoms with Crippen molar-refractivity contribution in [3.8, 4) is 5.75 Å². The number of benzene rings is 2. The highest BCUT2D eigenvalue weighted by atomic mass is 16.3. The topological polar surface area (TPSA) is 55.8 Å². The molecule has 2 N–H and O–H groups in total. The number of rotatable bonds is 6. The summed E-state index contributed by atoms with van der Waals surface area (Å²) in [5, 5.41) is 13.9. The zero-order valence-electron chi connectivity index (χ0n) is 16.4. The number of amides is 1. The minimum Gasteiger partial charge on any atom is -0.507 e. The fourth-order valence-electron chi connectivity index (χ4n) is 4.23. The molecule has 0 unspecified atom stereocenters. The first-order valence-electron chi connectivity index (χ1n) is 10.3. The normalized spacial score (nSPS) is 17.9. The van der Waals surface area contributed by atoms with Gasteiger partial charge < -0.3 is 10.4 Å². The standard InChI is InChI=1S/C23H29N3O2/c27-22-19(16-25-10-4-5-11-25)14-21(15-20(22)17-26-12-6-7-13-26)24-23(28)18-8-2-1-3-9-18/h1-3,8-9,14-15,27H,4-7,10-13,16-17H2,(H,24,28). The Bertz CT molecular complexity index is 771. The highest BCUT2D eigenvalue weighted by Crippen LogP contribution is 2.31. The lowest BCUT2D eigenvalue weighted by Crippen LogP contribution is -2.21. The third-order valence-electron chi connectivity index (χ3n) is 5.75. The molecular weight excluding hydrogens is 350 g/mol. The molecule has 2 heterocycles. The molecule has 5 nitrogen and oxygen atoms in total. The van der Waals surface area contributed by atoms with Crippen molar-refractivity contribution in [1.82, 2.24) is 9.80 Å². The fraction of sp³-hybridized carbons (Fsp3) is 0.435. The molecule has 0 bridgehead atoms. The summed E-state index contributed by atoms with van der Waals surface area (Å²) < 4.78 is 0. The molecule has 5 heteroatoms. The smallest absolute Gasteiger partial charge is 0.255 e. The summed E-state index contributed by atoms with van der Waals surface area (Å²) >= 11 is 0. The molecule has 4 rings (SSSR count). The van der Waals surface area contributed by atoms with Gasteiger partial charge in [-0.15, -0.1) is 0 Å². The van der Waals surface area contributed by atoms with E-state index >= 15 is 0 Å². The first-order chi connectivity index (χ1) is 13.7. The second kappa shape index (κ2) is 8.76. The predicted octanol–water partition coefficient (Wildman–Crippen LogP) is 3.84. The Balaban J connectivity index is 1.59. The van der Waals surface area contributed by atoms with E-state index in [1.807, 2.05) is 42.5 Å². The van der Waals surface area contributed by atoms with Crippen LogP contribution in [-0.2, 0) is 13.1 Å². The molecule has 0 aromatic heterocycles. The Labute approximate surface area is 167 Å². The Morgan fingerprint density at radius 1 is 0.857 bits per heavy atom. The summed E-state index contributed by atoms with van der Waals surface area (Å²) in [5.74, 6) is 0.266. The number of aromatic hydroxyl groups is 1. The summed E-state index contributed by atoms with van der Waals surface area (Å²) in [6, 6.07) is 13.1. The minimum atomic E-state index is -0.120. The summed E-state index contributed by atoms with van der Waals surface area (Å²) in [4.78, 5) is 17.4. The Hall–Kier alpha value is -2.37. The third kappa shape index (κ3) is 4.54. The van der Waals surface area contributed by atoms with Crippen LogP contribution in [0.25, 0.3) is 0 Å². The van der Waals surface area contributed by atoms with Crippen molar-refractivity contribution in [2.45, 2.75) is 38.8 Å². The number of hydrogen-bond acceptors (Lipinski definition) is 4. The zero-order valence-corrected chi connectivity index (χ0v) is 16.4. The fourth-order valence-corrected chi connectivity index (χ4v) is 4.23. The quantitative estimate of drug-likeness (QED) is 0.749. The molecule has 1 amide bonds. The SMILES string of the molecule is O=C(Nc1cc(CN2CCCC2)c(O)c(CN2CCCC2)c1)c1ccccc1. The Morgan fingerprint density at radius 2 is 1.36 bits per heavy atom. The second-order valence-corrected chi connectivity index (χ2v) is 7.93. The molecule has 0 atom stereocenters. The van der Waals surface area contributed by atoms with Crippen molar-refractivity contribution in [2.24, 2.45) is 0 Å². The third-order valence-corrected chi connectivity index (χ3v) is 5.75. The van der Waals surface area contributed by atoms with Gasteiger partial charge in [-0.25, -0.2) is 0 Å². The largest absolute Gasteiger partial charge is 0.507 e. The van der Waals surface area contributed by atoms with Crippen LogP contribution < -0.4 is 5.32 Å². The van der Waals surface area contributed by atoms with E-state index in [4.69, 9.17) is 0 Å². The van der Waals surface area contributed by atoms with Gasteiger partial charge in [0.1, 0.15) is 5.75 Å². The van der Waals surface area contributed by atoms with E-state index in [1.54, 1.807) is 0 Å². The van der Waals surface area contributed by atoms with Crippen molar-refractivity contribution in [1.29, 1.82) is 0 Å². The molecule has 0 radical (unpaired) electrons. The van der Waals surface area contributed by atoms with E-state index in [1.165, 1.54) is 25.7 Å². The monoisotopic (exact) mass is 379 g/mol. The van der Waals surface area contributed by atoms with Gasteiger partial charge in [-0.1, -0.05) is 18.2 Å². The number of carbonyl (C=O) groups excluding carboxylic acids is 1. The Morgan fingerprint density at radius 3 is 1.86 bits per heavy atom. The van der Waals surface area contributed by atoms with Crippen LogP contribution in [0.4, 0.5) is 5.69 Å². The average Bonchev–Trinajstić information content (AvgIpc) is 3.40. The Kier molecular flexibility index (Phi) is 5.93. The van der Waals surface area contributed by atoms with Crippen LogP contribution in [0.1, 0.15) is 47.2 Å². The van der Waals surface area contributed by atoms with E-state index in [0.717, 1.165) is 56.1 Å². The highest BCUT2D eigenvalue weighted by Gasteiger charge is 2.20. The molecule has 0 spiro atoms. The molecule has 2 aromatic rings. The van der Waals surface area contributed by atoms with Crippen molar-refractivity contribution in [2.75, 3.05) is 31.5 Å². The summed E-state index contributed by atoms with van der Waals surface area (Å²) in [6.07, 6.45) is 4.86. The molecule has 2 aliphatic rings. The number of phenolic OH excluding ortho intramolecular Hbond substituents is 1. The maximum Gasteiger partial charge on any atom is 0.255 e. The average molecular weight is 380 g/mol. The van der Waals surface area contributed by atoms with Gasteiger partial charge in [-0.2, -0.15) is 0 Å². The minimum absolute atomic E-state index is 0.120. The maximum atomic E-state index is 12.6. The van der Waals surface area contributed by atoms with E-state index < -0.39 is 0 Å². The van der Waals surface area contributed by atoms with Gasteiger partial charge in [-0.05, 0) is 76.1 Å². The summed E-state index contributed by atoms with van der Waals surface area (Å²) in [6.45, 7) is 5.74. The van der Waals surface area contributed by atoms with Gasteiger partial charge in [-0.3, -0.25) is 14.6 Å². The lowest BCUT2D eigenvalue weighted by molar-refractivity contribution is 0.102. The van der Waals surface area contributed by atoms with Gasteiger partial charge in [0.05, 0.1) is 0 Å². The number of anilines is 1. The van der Waals surface area contributed by atoms with Crippen LogP contribution in [0.15, 0.2) is 42.5 Å². The number of hydrogen-bond donors (Lipinski definition) is 2. The van der Waals surface area contributed by atoms with Crippen LogP contribution in [0, 0.1) is 0 Å². The van der Waals surface area contributed by atoms with Crippen molar-refractivity contribution in [3.05, 3.63) is 59.2 Å². The van der Waals surface area contributed by atoms with E-state index in [0.29, 0.717) is 11.3 Å². The van der Waals surface area contributed by atoms with Crippen LogP contribution in [0.2, 0.25) is 0 Å². The van der Waals surface area contributed by atoms with Crippen LogP contribution in [0.3, 0.4) is 0 Å². The molecule has 148 valence electrons. The number of likely N-dealkylation sites (tertiary alicyclic amines) is 2. The van der Waals surface area contributed by atoms with Gasteiger partial charge in [0.2, 0.25) is 0 Å². The van der Waals surface area contributed by atoms with Gasteiger partial charge in [0.15, 0.2) is 0 Å². The number of phenols is 1. The van der Waals surface area contributed by atoms with Gasteiger partial charge >= 0.3 is 0 Å². The first kappa shape index (κ1) is 19.0. The van der Waals surface area contributed by atoms with Crippen LogP contribution in [0.5, 0.6) is 5.75 Å². The summed E-state index contributed by atoms with van der Waals surface area (Å²) in [5.41, 5.74) is 3.21. The molecule has 28 heavy (non-hydrogen) atoms. The highest BCUT2D eigenvalue weighted by molar-refractivity contribution is 6.04. The molecule has 0 aliphatic carbocycles. The lowest BCUT2D eigenvalue weighted by atomic mass is 10.1. The van der Waals surface area contributed by atoms with Crippen molar-refractivity contribution < 1.29 is 9.90 Å². The first-order valence-corrected chi connectivity index (χ1v) is 10.3. The summed E-state index contributed by atoms with van der Waals surface area (Å²) in [7, 11) is 0. The van der Waals surface area contributed by atoms with Gasteiger partial charge in [0, 0.05) is 35.5 Å². The van der Waals surface area contributed by atoms with Crippen molar-refractivity contribution >= 4 is 11.6 Å². The number of carbonyl (C=O) groups is 1. The number of nitrogens with zero attached hydrogens (tertiary/aromatic N) is 2. The second-order valence-electron chi connectivity index (χ2n) is 7.93. The van der Waals surface area contributed by atoms with Gasteiger partial charge in [0.25, 0.3) is 5.91 Å². The van der Waals surface area contributed by atoms with Crippen molar-refractivity contribution in [3.63, 3.8) is 0 Å². The van der Waals surface area contributed by atoms with E-state index in [-0.39, 0.29) is 5.91 Å². The maximum absolute atomic E-state index is 12.6. The molecule has 2 aliphatic heterocycles. The van der Waals surface area contributed by atoms with Crippen LogP contribution in [-0.4, -0.2) is 47.0 Å². The van der Waals surface area contributed by atoms with Crippen LogP contribution >= 0.6 is 0 Å². The lowest BCUT2D eigenvalue weighted by Gasteiger charge is -2.21. The predicted molar refractivity (Wildman–Crippen MR) is 112 cm³/mol. The number of nitrogens with one attached hydrogen (secondary N) is 1. The molecular formula is C23H29N3O2. The molecule has 0 saturated carbocycles. The van der Waals surface area contributed by atoms with E-state index in [9.17, 15) is 9.90 Å². The molecule has 2 saturated heterocycles.